The van der Waals surface area contributed by atoms with Gasteiger partial charge in [-0.1, -0.05) is 51.1 Å². The number of morpholine rings is 1. The van der Waals surface area contributed by atoms with Gasteiger partial charge in [0.05, 0.1) is 49.1 Å². The maximum Gasteiger partial charge on any atom is 0.335 e. The van der Waals surface area contributed by atoms with Crippen LogP contribution in [0.15, 0.2) is 71.4 Å². The molecule has 1 aliphatic carbocycles. The summed E-state index contributed by atoms with van der Waals surface area (Å²) in [4.78, 5) is 33.4. The molecule has 266 valence electrons. The van der Waals surface area contributed by atoms with E-state index < -0.39 is 5.97 Å². The number of benzene rings is 1. The third-order valence-electron chi connectivity index (χ3n) is 8.32. The van der Waals surface area contributed by atoms with Gasteiger partial charge in [-0.3, -0.25) is 4.72 Å². The minimum absolute atomic E-state index is 0.00112. The molecule has 3 N–H and O–H groups in total. The van der Waals surface area contributed by atoms with Crippen molar-refractivity contribution in [3.05, 3.63) is 89.2 Å². The Bertz CT molecular complexity index is 1680. The van der Waals surface area contributed by atoms with E-state index >= 15 is 0 Å². The van der Waals surface area contributed by atoms with E-state index in [1.54, 1.807) is 18.2 Å². The fourth-order valence-electron chi connectivity index (χ4n) is 5.56. The van der Waals surface area contributed by atoms with Gasteiger partial charge in [-0.2, -0.15) is 4.98 Å². The van der Waals surface area contributed by atoms with E-state index in [1.807, 2.05) is 44.5 Å². The lowest BCUT2D eigenvalue weighted by molar-refractivity contribution is 0.0696. The van der Waals surface area contributed by atoms with Crippen molar-refractivity contribution >= 4 is 35.6 Å². The summed E-state index contributed by atoms with van der Waals surface area (Å²) >= 11 is 1.26. The second-order valence-corrected chi connectivity index (χ2v) is 14.7. The first kappa shape index (κ1) is 37.0. The van der Waals surface area contributed by atoms with E-state index in [0.717, 1.165) is 60.0 Å². The largest absolute Gasteiger partial charge is 0.478 e. The lowest BCUT2D eigenvalue weighted by Gasteiger charge is -2.28. The van der Waals surface area contributed by atoms with Gasteiger partial charge in [0.2, 0.25) is 11.8 Å². The molecule has 0 spiro atoms. The number of rotatable bonds is 16. The zero-order valence-electron chi connectivity index (χ0n) is 29.7. The monoisotopic (exact) mass is 699 g/mol. The van der Waals surface area contributed by atoms with Gasteiger partial charge in [-0.05, 0) is 86.2 Å². The van der Waals surface area contributed by atoms with E-state index in [2.05, 4.69) is 63.9 Å². The number of carbonyl (C=O) groups is 1. The molecule has 11 nitrogen and oxygen atoms in total. The van der Waals surface area contributed by atoms with Crippen molar-refractivity contribution in [2.24, 2.45) is 11.3 Å². The van der Waals surface area contributed by atoms with Crippen LogP contribution in [0.3, 0.4) is 0 Å². The third kappa shape index (κ3) is 11.4. The van der Waals surface area contributed by atoms with Crippen molar-refractivity contribution < 1.29 is 19.4 Å². The Morgan fingerprint density at radius 1 is 1.16 bits per heavy atom. The maximum absolute atomic E-state index is 11.5. The molecule has 3 aromatic rings. The molecule has 0 radical (unpaired) electrons. The predicted molar refractivity (Wildman–Crippen MR) is 200 cm³/mol. The summed E-state index contributed by atoms with van der Waals surface area (Å²) in [6, 6.07) is 6.75. The fraction of sp³-hybridized carbons (Fsp3) is 0.447. The zero-order chi connectivity index (χ0) is 35.5. The quantitative estimate of drug-likeness (QED) is 0.104. The van der Waals surface area contributed by atoms with Crippen LogP contribution in [-0.4, -0.2) is 70.0 Å². The van der Waals surface area contributed by atoms with Crippen LogP contribution >= 0.6 is 11.9 Å². The lowest BCUT2D eigenvalue weighted by Crippen LogP contribution is -2.38. The summed E-state index contributed by atoms with van der Waals surface area (Å²) in [5, 5.41) is 13.1. The normalized spacial score (nSPS) is 16.3. The molecule has 1 unspecified atom stereocenters. The standard InChI is InChI=1S/C38H49N7O4S/c1-6-7-8-10-28(27-13-14-27)20-33-26(2)35(43-37(42-33)44-50-32-12-9-11-29(19-32)36(46)47)49-25-30(21-38(3,4)5)39-24-34-40-22-31(23-41-34)45-15-17-48-18-16-45/h6-12,19-20,22-23,27,30,39H,13-18,21,24-25H2,1-5H3,(H,46,47)(H,42,43,44)/b7-6+,10-8-,28-20-. The van der Waals surface area contributed by atoms with E-state index in [9.17, 15) is 9.90 Å². The molecule has 1 atom stereocenters. The number of carboxylic acids is 1. The Morgan fingerprint density at radius 3 is 2.60 bits per heavy atom. The summed E-state index contributed by atoms with van der Waals surface area (Å²) in [5.41, 5.74) is 4.11. The second kappa shape index (κ2) is 17.6. The molecule has 5 rings (SSSR count). The lowest BCUT2D eigenvalue weighted by atomic mass is 9.88. The van der Waals surface area contributed by atoms with Crippen molar-refractivity contribution in [1.82, 2.24) is 25.3 Å². The number of aromatic nitrogens is 4. The maximum atomic E-state index is 11.5. The SMILES string of the molecule is C/C=C/C=C\C(=C\c1nc(NSc2cccc(C(=O)O)c2)nc(OCC(CC(C)(C)C)NCc2ncc(N3CCOCC3)cn2)c1C)C1CC1. The minimum atomic E-state index is -0.976. The number of aromatic carboxylic acids is 1. The van der Waals surface area contributed by atoms with E-state index in [4.69, 9.17) is 19.4 Å². The molecule has 2 fully saturated rings. The zero-order valence-corrected chi connectivity index (χ0v) is 30.5. The molecule has 0 amide bonds. The van der Waals surface area contributed by atoms with Gasteiger partial charge in [0.15, 0.2) is 0 Å². The van der Waals surface area contributed by atoms with Gasteiger partial charge in [0.1, 0.15) is 12.4 Å². The predicted octanol–water partition coefficient (Wildman–Crippen LogP) is 7.13. The Hall–Kier alpha value is -4.26. The summed E-state index contributed by atoms with van der Waals surface area (Å²) < 4.78 is 15.2. The van der Waals surface area contributed by atoms with E-state index in [-0.39, 0.29) is 17.0 Å². The number of ether oxygens (including phenoxy) is 2. The third-order valence-corrected chi connectivity index (χ3v) is 9.10. The Morgan fingerprint density at radius 2 is 1.92 bits per heavy atom. The average molecular weight is 700 g/mol. The summed E-state index contributed by atoms with van der Waals surface area (Å²) in [7, 11) is 0. The van der Waals surface area contributed by atoms with Gasteiger partial charge >= 0.3 is 5.97 Å². The molecule has 1 aromatic carbocycles. The van der Waals surface area contributed by atoms with Crippen LogP contribution < -0.4 is 19.7 Å². The molecular weight excluding hydrogens is 651 g/mol. The summed E-state index contributed by atoms with van der Waals surface area (Å²) in [6.07, 6.45) is 17.3. The van der Waals surface area contributed by atoms with Crippen LogP contribution in [0.5, 0.6) is 5.88 Å². The van der Waals surface area contributed by atoms with Crippen molar-refractivity contribution in [3.8, 4) is 5.88 Å². The number of anilines is 2. The Kier molecular flexibility index (Phi) is 13.0. The molecule has 50 heavy (non-hydrogen) atoms. The van der Waals surface area contributed by atoms with Gasteiger partial charge in [0.25, 0.3) is 0 Å². The molecule has 1 saturated carbocycles. The van der Waals surface area contributed by atoms with Crippen molar-refractivity contribution in [3.63, 3.8) is 0 Å². The molecule has 2 aromatic heterocycles. The number of nitrogens with zero attached hydrogens (tertiary/aromatic N) is 5. The first-order valence-corrected chi connectivity index (χ1v) is 18.0. The van der Waals surface area contributed by atoms with E-state index in [1.165, 1.54) is 17.5 Å². The Balaban J connectivity index is 1.35. The summed E-state index contributed by atoms with van der Waals surface area (Å²) in [5.74, 6) is 1.12. The molecule has 2 aliphatic rings. The van der Waals surface area contributed by atoms with Gasteiger partial charge in [-0.15, -0.1) is 0 Å². The second-order valence-electron chi connectivity index (χ2n) is 13.8. The number of carboxylic acid groups (broad SMARTS) is 1. The smallest absolute Gasteiger partial charge is 0.335 e. The van der Waals surface area contributed by atoms with Crippen molar-refractivity contribution in [1.29, 1.82) is 0 Å². The summed E-state index contributed by atoms with van der Waals surface area (Å²) in [6.45, 7) is 14.6. The average Bonchev–Trinajstić information content (AvgIpc) is 3.95. The Labute approximate surface area is 299 Å². The molecular formula is C38H49N7O4S. The van der Waals surface area contributed by atoms with Crippen LogP contribution in [0, 0.1) is 18.3 Å². The first-order chi connectivity index (χ1) is 24.1. The van der Waals surface area contributed by atoms with Crippen LogP contribution in [0.25, 0.3) is 6.08 Å². The van der Waals surface area contributed by atoms with Gasteiger partial charge < -0.3 is 24.8 Å². The van der Waals surface area contributed by atoms with Crippen LogP contribution in [0.4, 0.5) is 11.6 Å². The number of allylic oxidation sites excluding steroid dienone is 5. The highest BCUT2D eigenvalue weighted by Gasteiger charge is 2.26. The minimum Gasteiger partial charge on any atom is -0.478 e. The highest BCUT2D eigenvalue weighted by Crippen LogP contribution is 2.39. The van der Waals surface area contributed by atoms with E-state index in [0.29, 0.717) is 44.1 Å². The molecule has 12 heteroatoms. The van der Waals surface area contributed by atoms with Crippen molar-refractivity contribution in [2.45, 2.75) is 71.4 Å². The molecule has 0 bridgehead atoms. The van der Waals surface area contributed by atoms with Crippen LogP contribution in [0.1, 0.15) is 74.4 Å². The number of hydrogen-bond donors (Lipinski definition) is 3. The molecule has 1 saturated heterocycles. The number of nitrogens with one attached hydrogen (secondary N) is 2. The highest BCUT2D eigenvalue weighted by molar-refractivity contribution is 8.00. The van der Waals surface area contributed by atoms with Gasteiger partial charge in [0, 0.05) is 29.6 Å². The molecule has 1 aliphatic heterocycles. The first-order valence-electron chi connectivity index (χ1n) is 17.2. The van der Waals surface area contributed by atoms with Crippen molar-refractivity contribution in [2.75, 3.05) is 42.5 Å². The highest BCUT2D eigenvalue weighted by atomic mass is 32.2. The van der Waals surface area contributed by atoms with Crippen LogP contribution in [0.2, 0.25) is 0 Å². The van der Waals surface area contributed by atoms with Crippen LogP contribution in [-0.2, 0) is 11.3 Å². The number of hydrogen-bond acceptors (Lipinski definition) is 11. The van der Waals surface area contributed by atoms with Gasteiger partial charge in [-0.25, -0.2) is 19.7 Å². The topological polar surface area (TPSA) is 135 Å². The fourth-order valence-corrected chi connectivity index (χ4v) is 6.19. The molecule has 3 heterocycles.